The molecule has 2 fully saturated rings. The first-order chi connectivity index (χ1) is 9.24. The van der Waals surface area contributed by atoms with Gasteiger partial charge in [0.25, 0.3) is 0 Å². The van der Waals surface area contributed by atoms with E-state index >= 15 is 0 Å². The molecule has 19 heavy (non-hydrogen) atoms. The van der Waals surface area contributed by atoms with Crippen LogP contribution in [0.2, 0.25) is 0 Å². The number of benzene rings is 1. The molecule has 1 aromatic carbocycles. The van der Waals surface area contributed by atoms with Crippen LogP contribution in [0.25, 0.3) is 0 Å². The summed E-state index contributed by atoms with van der Waals surface area (Å²) in [7, 11) is 0. The highest BCUT2D eigenvalue weighted by molar-refractivity contribution is 5.48. The molecule has 104 valence electrons. The van der Waals surface area contributed by atoms with E-state index in [2.05, 4.69) is 15.9 Å². The van der Waals surface area contributed by atoms with E-state index < -0.39 is 0 Å². The van der Waals surface area contributed by atoms with Crippen molar-refractivity contribution in [2.45, 2.75) is 38.6 Å². The van der Waals surface area contributed by atoms with Crippen LogP contribution in [0.5, 0.6) is 0 Å². The van der Waals surface area contributed by atoms with E-state index in [-0.39, 0.29) is 5.82 Å². The van der Waals surface area contributed by atoms with Crippen LogP contribution in [0, 0.1) is 12.7 Å². The Morgan fingerprint density at radius 2 is 1.95 bits per heavy atom. The Kier molecular flexibility index (Phi) is 3.74. The maximum Gasteiger partial charge on any atom is 0.128 e. The highest BCUT2D eigenvalue weighted by atomic mass is 19.1. The van der Waals surface area contributed by atoms with Crippen LogP contribution in [0.4, 0.5) is 10.1 Å². The fraction of sp³-hybridized carbons (Fsp3) is 0.625. The van der Waals surface area contributed by atoms with Gasteiger partial charge in [-0.3, -0.25) is 4.90 Å². The summed E-state index contributed by atoms with van der Waals surface area (Å²) < 4.78 is 13.7. The lowest BCUT2D eigenvalue weighted by Gasteiger charge is -2.35. The summed E-state index contributed by atoms with van der Waals surface area (Å²) in [5.74, 6) is -0.0813. The smallest absolute Gasteiger partial charge is 0.128 e. The summed E-state index contributed by atoms with van der Waals surface area (Å²) in [5.41, 5.74) is 1.79. The number of rotatable bonds is 1. The van der Waals surface area contributed by atoms with Gasteiger partial charge in [0.15, 0.2) is 0 Å². The monoisotopic (exact) mass is 262 g/mol. The fourth-order valence-electron chi connectivity index (χ4n) is 3.38. The summed E-state index contributed by atoms with van der Waals surface area (Å²) in [5, 5.41) is 0. The third-order valence-electron chi connectivity index (χ3n) is 4.57. The molecule has 3 heteroatoms. The van der Waals surface area contributed by atoms with Gasteiger partial charge < -0.3 is 4.90 Å². The number of hydrogen-bond donors (Lipinski definition) is 0. The number of nitrogens with zero attached hydrogens (tertiary/aromatic N) is 2. The second-order valence-electron chi connectivity index (χ2n) is 5.92. The van der Waals surface area contributed by atoms with E-state index in [1.165, 1.54) is 38.8 Å². The van der Waals surface area contributed by atoms with E-state index in [1.807, 2.05) is 13.0 Å². The number of fused-ring (bicyclic) bond motifs is 1. The first kappa shape index (κ1) is 12.9. The van der Waals surface area contributed by atoms with Gasteiger partial charge in [0.1, 0.15) is 5.82 Å². The Morgan fingerprint density at radius 3 is 2.79 bits per heavy atom. The minimum atomic E-state index is -0.0813. The Hall–Kier alpha value is -1.09. The third-order valence-corrected chi connectivity index (χ3v) is 4.57. The number of halogens is 1. The predicted molar refractivity (Wildman–Crippen MR) is 77.2 cm³/mol. The second-order valence-corrected chi connectivity index (χ2v) is 5.92. The maximum atomic E-state index is 13.7. The topological polar surface area (TPSA) is 6.48 Å². The van der Waals surface area contributed by atoms with E-state index in [0.717, 1.165) is 24.3 Å². The van der Waals surface area contributed by atoms with Crippen molar-refractivity contribution in [3.8, 4) is 0 Å². The maximum absolute atomic E-state index is 13.7. The van der Waals surface area contributed by atoms with Crippen molar-refractivity contribution in [1.29, 1.82) is 0 Å². The lowest BCUT2D eigenvalue weighted by Crippen LogP contribution is -2.44. The molecule has 2 heterocycles. The molecule has 0 saturated carbocycles. The minimum Gasteiger partial charge on any atom is -0.370 e. The molecule has 0 aromatic heterocycles. The molecule has 1 unspecified atom stereocenters. The van der Waals surface area contributed by atoms with Crippen LogP contribution in [0.1, 0.15) is 31.2 Å². The van der Waals surface area contributed by atoms with Crippen molar-refractivity contribution >= 4 is 5.69 Å². The minimum absolute atomic E-state index is 0.0813. The zero-order valence-electron chi connectivity index (χ0n) is 11.7. The number of piperidine rings is 1. The molecule has 1 atom stereocenters. The summed E-state index contributed by atoms with van der Waals surface area (Å²) in [6, 6.07) is 6.33. The molecule has 2 aliphatic rings. The third kappa shape index (κ3) is 2.76. The first-order valence-corrected chi connectivity index (χ1v) is 7.49. The number of hydrogen-bond acceptors (Lipinski definition) is 2. The molecule has 0 amide bonds. The molecule has 0 bridgehead atoms. The molecule has 0 spiro atoms. The van der Waals surface area contributed by atoms with Gasteiger partial charge in [0, 0.05) is 31.4 Å². The quantitative estimate of drug-likeness (QED) is 0.767. The zero-order chi connectivity index (χ0) is 13.2. The molecule has 0 aliphatic carbocycles. The van der Waals surface area contributed by atoms with Gasteiger partial charge in [-0.15, -0.1) is 0 Å². The average Bonchev–Trinajstić information content (AvgIpc) is 2.64. The molecular weight excluding hydrogens is 239 g/mol. The highest BCUT2D eigenvalue weighted by Crippen LogP contribution is 2.25. The lowest BCUT2D eigenvalue weighted by molar-refractivity contribution is 0.162. The van der Waals surface area contributed by atoms with Crippen LogP contribution in [-0.2, 0) is 0 Å². The SMILES string of the molecule is Cc1ccc(N2CCCN3CCCCC3C2)cc1F. The Morgan fingerprint density at radius 1 is 1.11 bits per heavy atom. The van der Waals surface area contributed by atoms with Gasteiger partial charge in [0.2, 0.25) is 0 Å². The van der Waals surface area contributed by atoms with E-state index in [9.17, 15) is 4.39 Å². The Balaban J connectivity index is 1.78. The standard InChI is InChI=1S/C16H23FN2/c1-13-6-7-14(11-16(13)17)19-10-4-9-18-8-3-2-5-15(18)12-19/h6-7,11,15H,2-5,8-10,12H2,1H3. The normalized spacial score (nSPS) is 24.9. The van der Waals surface area contributed by atoms with Crippen LogP contribution in [0.15, 0.2) is 18.2 Å². The molecule has 1 aromatic rings. The van der Waals surface area contributed by atoms with Crippen LogP contribution < -0.4 is 4.90 Å². The van der Waals surface area contributed by atoms with Crippen molar-refractivity contribution in [1.82, 2.24) is 4.90 Å². The van der Waals surface area contributed by atoms with Gasteiger partial charge >= 0.3 is 0 Å². The molecule has 2 nitrogen and oxygen atoms in total. The van der Waals surface area contributed by atoms with Crippen molar-refractivity contribution in [2.75, 3.05) is 31.1 Å². The highest BCUT2D eigenvalue weighted by Gasteiger charge is 2.27. The number of anilines is 1. The van der Waals surface area contributed by atoms with Crippen molar-refractivity contribution in [3.63, 3.8) is 0 Å². The van der Waals surface area contributed by atoms with E-state index in [0.29, 0.717) is 6.04 Å². The van der Waals surface area contributed by atoms with Gasteiger partial charge in [-0.2, -0.15) is 0 Å². The molecule has 3 rings (SSSR count). The van der Waals surface area contributed by atoms with Crippen LogP contribution >= 0.6 is 0 Å². The molecule has 2 saturated heterocycles. The average molecular weight is 262 g/mol. The first-order valence-electron chi connectivity index (χ1n) is 7.49. The van der Waals surface area contributed by atoms with Crippen molar-refractivity contribution in [3.05, 3.63) is 29.6 Å². The zero-order valence-corrected chi connectivity index (χ0v) is 11.7. The molecular formula is C16H23FN2. The largest absolute Gasteiger partial charge is 0.370 e. The Bertz CT molecular complexity index is 446. The molecule has 0 radical (unpaired) electrons. The van der Waals surface area contributed by atoms with Crippen molar-refractivity contribution in [2.24, 2.45) is 0 Å². The summed E-state index contributed by atoms with van der Waals surface area (Å²) in [6.07, 6.45) is 5.17. The summed E-state index contributed by atoms with van der Waals surface area (Å²) in [6.45, 7) is 6.39. The number of aryl methyl sites for hydroxylation is 1. The Labute approximate surface area is 115 Å². The lowest BCUT2D eigenvalue weighted by atomic mass is 10.0. The second kappa shape index (κ2) is 5.49. The van der Waals surface area contributed by atoms with Crippen molar-refractivity contribution < 1.29 is 4.39 Å². The summed E-state index contributed by atoms with van der Waals surface area (Å²) >= 11 is 0. The van der Waals surface area contributed by atoms with Gasteiger partial charge in [-0.1, -0.05) is 12.5 Å². The summed E-state index contributed by atoms with van der Waals surface area (Å²) in [4.78, 5) is 5.01. The van der Waals surface area contributed by atoms with Crippen LogP contribution in [0.3, 0.4) is 0 Å². The van der Waals surface area contributed by atoms with Gasteiger partial charge in [-0.25, -0.2) is 4.39 Å². The molecule has 0 N–H and O–H groups in total. The van der Waals surface area contributed by atoms with Crippen LogP contribution in [-0.4, -0.2) is 37.1 Å². The fourth-order valence-corrected chi connectivity index (χ4v) is 3.38. The van der Waals surface area contributed by atoms with Gasteiger partial charge in [-0.05, 0) is 50.4 Å². The van der Waals surface area contributed by atoms with Gasteiger partial charge in [0.05, 0.1) is 0 Å². The van der Waals surface area contributed by atoms with E-state index in [1.54, 1.807) is 6.07 Å². The van der Waals surface area contributed by atoms with E-state index in [4.69, 9.17) is 0 Å². The predicted octanol–water partition coefficient (Wildman–Crippen LogP) is 3.20. The molecule has 2 aliphatic heterocycles.